The van der Waals surface area contributed by atoms with Crippen LogP contribution in [0.3, 0.4) is 0 Å². The van der Waals surface area contributed by atoms with Gasteiger partial charge in [-0.15, -0.1) is 0 Å². The Bertz CT molecular complexity index is 1160. The smallest absolute Gasteiger partial charge is 0.352 e. The lowest BCUT2D eigenvalue weighted by Crippen LogP contribution is -2.48. The van der Waals surface area contributed by atoms with E-state index < -0.39 is 59.7 Å². The fourth-order valence-corrected chi connectivity index (χ4v) is 3.78. The van der Waals surface area contributed by atoms with Crippen LogP contribution in [0.15, 0.2) is 29.2 Å². The number of hydrogen-bond donors (Lipinski definition) is 2. The number of alkyl halides is 3. The number of hydrogen-bond acceptors (Lipinski definition) is 3. The lowest BCUT2D eigenvalue weighted by atomic mass is 10.0. The Hall–Kier alpha value is -3.51. The number of amides is 3. The predicted octanol–water partition coefficient (Wildman–Crippen LogP) is 2.70. The van der Waals surface area contributed by atoms with Gasteiger partial charge < -0.3 is 20.5 Å². The van der Waals surface area contributed by atoms with E-state index >= 15 is 0 Å². The van der Waals surface area contributed by atoms with Crippen LogP contribution >= 0.6 is 0 Å². The fraction of sp³-hybridized carbons (Fsp3) is 0.381. The molecule has 1 saturated heterocycles. The summed E-state index contributed by atoms with van der Waals surface area (Å²) in [6.45, 7) is -1.31. The zero-order valence-corrected chi connectivity index (χ0v) is 17.6. The Balaban J connectivity index is 1.92. The topological polar surface area (TPSA) is 97.4 Å². The standard InChI is InChI=1S/C21H20F6N4O3/c22-15-2-1-14(17(23)18(15)24)12-7-11(19(33)31(9-12)10-21(25,26)27)8-16(32)30-5-3-13(4-6-30)29-20(28)34/h1-2,7,9,13H,3-6,8,10H2,(H3,28,29,34). The molecule has 0 atom stereocenters. The third-order valence-electron chi connectivity index (χ3n) is 5.39. The third-order valence-corrected chi connectivity index (χ3v) is 5.39. The minimum Gasteiger partial charge on any atom is -0.352 e. The van der Waals surface area contributed by atoms with E-state index in [0.29, 0.717) is 25.1 Å². The van der Waals surface area contributed by atoms with Gasteiger partial charge in [0.2, 0.25) is 5.91 Å². The molecule has 2 aromatic rings. The van der Waals surface area contributed by atoms with Gasteiger partial charge in [-0.3, -0.25) is 9.59 Å². The number of benzene rings is 1. The number of aromatic nitrogens is 1. The molecule has 3 rings (SSSR count). The summed E-state index contributed by atoms with van der Waals surface area (Å²) in [4.78, 5) is 37.7. The van der Waals surface area contributed by atoms with Crippen LogP contribution in [0.25, 0.3) is 11.1 Å². The van der Waals surface area contributed by atoms with Crippen molar-refractivity contribution in [3.63, 3.8) is 0 Å². The molecule has 1 aliphatic heterocycles. The van der Waals surface area contributed by atoms with Crippen molar-refractivity contribution in [2.24, 2.45) is 5.73 Å². The quantitative estimate of drug-likeness (QED) is 0.498. The molecule has 0 saturated carbocycles. The van der Waals surface area contributed by atoms with E-state index in [1.807, 2.05) is 0 Å². The minimum absolute atomic E-state index is 0.206. The molecule has 2 heterocycles. The van der Waals surface area contributed by atoms with Crippen molar-refractivity contribution in [1.29, 1.82) is 0 Å². The lowest BCUT2D eigenvalue weighted by molar-refractivity contribution is -0.141. The molecule has 13 heteroatoms. The van der Waals surface area contributed by atoms with Crippen molar-refractivity contribution in [2.75, 3.05) is 13.1 Å². The van der Waals surface area contributed by atoms with Crippen LogP contribution in [-0.2, 0) is 17.8 Å². The molecule has 0 aliphatic carbocycles. The van der Waals surface area contributed by atoms with Crippen LogP contribution in [-0.4, -0.2) is 46.7 Å². The molecule has 7 nitrogen and oxygen atoms in total. The Morgan fingerprint density at radius 3 is 2.32 bits per heavy atom. The predicted molar refractivity (Wildman–Crippen MR) is 108 cm³/mol. The third kappa shape index (κ3) is 5.88. The summed E-state index contributed by atoms with van der Waals surface area (Å²) in [7, 11) is 0. The van der Waals surface area contributed by atoms with Gasteiger partial charge in [0, 0.05) is 42.0 Å². The van der Waals surface area contributed by atoms with E-state index in [4.69, 9.17) is 5.73 Å². The van der Waals surface area contributed by atoms with Gasteiger partial charge in [0.15, 0.2) is 17.5 Å². The molecular formula is C21H20F6N4O3. The molecule has 1 aliphatic rings. The Morgan fingerprint density at radius 2 is 1.74 bits per heavy atom. The summed E-state index contributed by atoms with van der Waals surface area (Å²) in [5, 5.41) is 2.52. The average molecular weight is 490 g/mol. The molecule has 0 spiro atoms. The van der Waals surface area contributed by atoms with E-state index in [9.17, 15) is 40.7 Å². The van der Waals surface area contributed by atoms with Crippen molar-refractivity contribution >= 4 is 11.9 Å². The van der Waals surface area contributed by atoms with Gasteiger partial charge >= 0.3 is 12.2 Å². The van der Waals surface area contributed by atoms with E-state index in [0.717, 1.165) is 12.1 Å². The number of nitrogens with one attached hydrogen (secondary N) is 1. The SMILES string of the molecule is NC(=O)NC1CCN(C(=O)Cc2cc(-c3ccc(F)c(F)c3F)cn(CC(F)(F)F)c2=O)CC1. The Kier molecular flexibility index (Phi) is 7.22. The number of carbonyl (C=O) groups is 2. The highest BCUT2D eigenvalue weighted by Crippen LogP contribution is 2.27. The van der Waals surface area contributed by atoms with E-state index in [2.05, 4.69) is 5.32 Å². The highest BCUT2D eigenvalue weighted by molar-refractivity contribution is 5.79. The molecule has 34 heavy (non-hydrogen) atoms. The minimum atomic E-state index is -4.81. The monoisotopic (exact) mass is 490 g/mol. The molecule has 0 unspecified atom stereocenters. The van der Waals surface area contributed by atoms with Crippen molar-refractivity contribution < 1.29 is 35.9 Å². The zero-order chi connectivity index (χ0) is 25.2. The van der Waals surface area contributed by atoms with Gasteiger partial charge in [0.1, 0.15) is 6.54 Å². The highest BCUT2D eigenvalue weighted by Gasteiger charge is 2.30. The second-order valence-corrected chi connectivity index (χ2v) is 7.87. The van der Waals surface area contributed by atoms with Crippen LogP contribution in [0.4, 0.5) is 31.1 Å². The van der Waals surface area contributed by atoms with Crippen LogP contribution in [0.2, 0.25) is 0 Å². The molecule has 1 fully saturated rings. The van der Waals surface area contributed by atoms with Crippen molar-refractivity contribution in [3.8, 4) is 11.1 Å². The maximum absolute atomic E-state index is 14.3. The van der Waals surface area contributed by atoms with Crippen LogP contribution in [0.5, 0.6) is 0 Å². The summed E-state index contributed by atoms with van der Waals surface area (Å²) in [6, 6.07) is 1.46. The molecule has 3 N–H and O–H groups in total. The summed E-state index contributed by atoms with van der Waals surface area (Å²) in [5.41, 5.74) is 2.68. The second kappa shape index (κ2) is 9.77. The first kappa shape index (κ1) is 25.1. The maximum atomic E-state index is 14.3. The number of nitrogens with two attached hydrogens (primary N) is 1. The molecule has 0 bridgehead atoms. The number of rotatable bonds is 5. The second-order valence-electron chi connectivity index (χ2n) is 7.87. The van der Waals surface area contributed by atoms with Crippen molar-refractivity contribution in [3.05, 3.63) is 57.8 Å². The average Bonchev–Trinajstić information content (AvgIpc) is 2.74. The van der Waals surface area contributed by atoms with E-state index in [-0.39, 0.29) is 34.8 Å². The first-order valence-corrected chi connectivity index (χ1v) is 10.1. The summed E-state index contributed by atoms with van der Waals surface area (Å²) >= 11 is 0. The number of urea groups is 1. The maximum Gasteiger partial charge on any atom is 0.406 e. The summed E-state index contributed by atoms with van der Waals surface area (Å²) in [6.07, 6.45) is -3.96. The Labute approximate surface area is 189 Å². The Morgan fingerprint density at radius 1 is 1.09 bits per heavy atom. The summed E-state index contributed by atoms with van der Waals surface area (Å²) in [5.74, 6) is -5.53. The first-order chi connectivity index (χ1) is 15.9. The zero-order valence-electron chi connectivity index (χ0n) is 17.6. The molecule has 184 valence electrons. The summed E-state index contributed by atoms with van der Waals surface area (Å²) < 4.78 is 80.6. The number of primary amides is 1. The highest BCUT2D eigenvalue weighted by atomic mass is 19.4. The number of likely N-dealkylation sites (tertiary alicyclic amines) is 1. The molecule has 3 amide bonds. The van der Waals surface area contributed by atoms with Crippen LogP contribution in [0, 0.1) is 17.5 Å². The molecule has 1 aromatic heterocycles. The molecular weight excluding hydrogens is 470 g/mol. The number of pyridine rings is 1. The van der Waals surface area contributed by atoms with Gasteiger partial charge in [-0.1, -0.05) is 0 Å². The largest absolute Gasteiger partial charge is 0.406 e. The van der Waals surface area contributed by atoms with Gasteiger partial charge in [-0.2, -0.15) is 13.2 Å². The lowest BCUT2D eigenvalue weighted by Gasteiger charge is -2.32. The van der Waals surface area contributed by atoms with Gasteiger partial charge in [0.25, 0.3) is 5.56 Å². The fourth-order valence-electron chi connectivity index (χ4n) is 3.78. The molecule has 0 radical (unpaired) electrons. The number of nitrogens with zero attached hydrogens (tertiary/aromatic N) is 2. The van der Waals surface area contributed by atoms with Gasteiger partial charge in [-0.05, 0) is 31.0 Å². The van der Waals surface area contributed by atoms with Crippen LogP contribution < -0.4 is 16.6 Å². The van der Waals surface area contributed by atoms with Gasteiger partial charge in [-0.25, -0.2) is 18.0 Å². The molecule has 1 aromatic carbocycles. The van der Waals surface area contributed by atoms with Gasteiger partial charge in [0.05, 0.1) is 6.42 Å². The number of carbonyl (C=O) groups excluding carboxylic acids is 2. The van der Waals surface area contributed by atoms with E-state index in [1.54, 1.807) is 0 Å². The number of piperidine rings is 1. The van der Waals surface area contributed by atoms with Crippen molar-refractivity contribution in [1.82, 2.24) is 14.8 Å². The van der Waals surface area contributed by atoms with Crippen molar-refractivity contribution in [2.45, 2.75) is 38.0 Å². The van der Waals surface area contributed by atoms with Crippen LogP contribution in [0.1, 0.15) is 18.4 Å². The normalized spacial score (nSPS) is 14.8. The first-order valence-electron chi connectivity index (χ1n) is 10.1. The number of halogens is 6. The van der Waals surface area contributed by atoms with E-state index in [1.165, 1.54) is 4.90 Å².